The first-order valence-corrected chi connectivity index (χ1v) is 7.96. The van der Waals surface area contributed by atoms with Crippen molar-refractivity contribution in [3.8, 4) is 5.75 Å². The Bertz CT molecular complexity index is 884. The van der Waals surface area contributed by atoms with Crippen LogP contribution in [0.2, 0.25) is 0 Å². The fourth-order valence-corrected chi connectivity index (χ4v) is 2.80. The number of ketones is 2. The highest BCUT2D eigenvalue weighted by Gasteiger charge is 2.26. The molecule has 1 N–H and O–H groups in total. The normalized spacial score (nSPS) is 11.8. The molecule has 0 radical (unpaired) electrons. The summed E-state index contributed by atoms with van der Waals surface area (Å²) < 4.78 is 23.6. The highest BCUT2D eigenvalue weighted by atomic mass is 19.1. The topological polar surface area (TPSA) is 85.5 Å². The number of hydrogen-bond donors (Lipinski definition) is 1. The fraction of sp³-hybridized carbons (Fsp3) is 0.316. The molecule has 0 aliphatic heterocycles. The van der Waals surface area contributed by atoms with E-state index in [4.69, 9.17) is 9.47 Å². The first-order chi connectivity index (χ1) is 12.2. The molecule has 0 aliphatic rings. The highest BCUT2D eigenvalue weighted by molar-refractivity contribution is 6.05. The van der Waals surface area contributed by atoms with Gasteiger partial charge < -0.3 is 14.5 Å². The van der Waals surface area contributed by atoms with Gasteiger partial charge >= 0.3 is 5.97 Å². The van der Waals surface area contributed by atoms with E-state index in [1.54, 1.807) is 13.8 Å². The van der Waals surface area contributed by atoms with E-state index in [0.717, 1.165) is 6.07 Å². The molecule has 0 saturated carbocycles. The van der Waals surface area contributed by atoms with Crippen LogP contribution < -0.4 is 4.74 Å². The van der Waals surface area contributed by atoms with Crippen LogP contribution in [0.5, 0.6) is 5.75 Å². The van der Waals surface area contributed by atoms with E-state index in [2.05, 4.69) is 4.98 Å². The van der Waals surface area contributed by atoms with Gasteiger partial charge in [-0.3, -0.25) is 9.59 Å². The zero-order valence-electron chi connectivity index (χ0n) is 15.2. The lowest BCUT2D eigenvalue weighted by molar-refractivity contribution is 0.0316. The number of hydrogen-bond acceptors (Lipinski definition) is 5. The standard InChI is InChI=1S/C19H20FNO5/c1-9-16(11(3)22)10(2)21-17(9)18(23)12(4)26-19(24)13-6-7-15(25-5)14(20)8-13/h6-8,12,21H,1-5H3/t12-/m0/s1. The summed E-state index contributed by atoms with van der Waals surface area (Å²) in [6.07, 6.45) is -1.11. The summed E-state index contributed by atoms with van der Waals surface area (Å²) in [6.45, 7) is 6.18. The minimum absolute atomic E-state index is 0.0000717. The molecule has 0 saturated heterocycles. The second-order valence-electron chi connectivity index (χ2n) is 5.94. The van der Waals surface area contributed by atoms with Crippen LogP contribution in [0.1, 0.15) is 56.3 Å². The number of aromatic amines is 1. The van der Waals surface area contributed by atoms with Crippen LogP contribution in [-0.2, 0) is 4.74 Å². The van der Waals surface area contributed by atoms with Gasteiger partial charge in [0, 0.05) is 11.3 Å². The van der Waals surface area contributed by atoms with Gasteiger partial charge in [0.15, 0.2) is 23.5 Å². The molecule has 0 amide bonds. The predicted octanol–water partition coefficient (Wildman–Crippen LogP) is 3.41. The van der Waals surface area contributed by atoms with E-state index < -0.39 is 23.7 Å². The third-order valence-electron chi connectivity index (χ3n) is 4.08. The van der Waals surface area contributed by atoms with Crippen LogP contribution in [-0.4, -0.2) is 35.7 Å². The predicted molar refractivity (Wildman–Crippen MR) is 92.4 cm³/mol. The largest absolute Gasteiger partial charge is 0.494 e. The first kappa shape index (κ1) is 19.4. The number of carbonyl (C=O) groups excluding carboxylic acids is 3. The fourth-order valence-electron chi connectivity index (χ4n) is 2.80. The number of methoxy groups -OCH3 is 1. The summed E-state index contributed by atoms with van der Waals surface area (Å²) in [6, 6.07) is 3.63. The molecule has 0 bridgehead atoms. The SMILES string of the molecule is COc1ccc(C(=O)O[C@@H](C)C(=O)c2[nH]c(C)c(C(C)=O)c2C)cc1F. The van der Waals surface area contributed by atoms with E-state index >= 15 is 0 Å². The maximum atomic E-state index is 13.7. The molecule has 0 spiro atoms. The Morgan fingerprint density at radius 2 is 1.85 bits per heavy atom. The van der Waals surface area contributed by atoms with Crippen molar-refractivity contribution in [3.63, 3.8) is 0 Å². The second-order valence-corrected chi connectivity index (χ2v) is 5.94. The number of H-pyrrole nitrogens is 1. The molecule has 1 heterocycles. The van der Waals surface area contributed by atoms with Crippen molar-refractivity contribution in [2.24, 2.45) is 0 Å². The van der Waals surface area contributed by atoms with Gasteiger partial charge in [0.25, 0.3) is 0 Å². The van der Waals surface area contributed by atoms with Gasteiger partial charge in [-0.1, -0.05) is 0 Å². The van der Waals surface area contributed by atoms with E-state index in [1.165, 1.54) is 33.1 Å². The molecule has 2 aromatic rings. The Labute approximate surface area is 150 Å². The van der Waals surface area contributed by atoms with Crippen molar-refractivity contribution in [1.29, 1.82) is 0 Å². The summed E-state index contributed by atoms with van der Waals surface area (Å²) in [5.41, 5.74) is 1.72. The number of rotatable bonds is 6. The number of aryl methyl sites for hydroxylation is 1. The molecule has 2 rings (SSSR count). The molecular weight excluding hydrogens is 341 g/mol. The average Bonchev–Trinajstić information content (AvgIpc) is 2.88. The van der Waals surface area contributed by atoms with Crippen molar-refractivity contribution in [1.82, 2.24) is 4.98 Å². The third kappa shape index (κ3) is 3.66. The summed E-state index contributed by atoms with van der Waals surface area (Å²) in [5.74, 6) is -2.17. The number of aromatic nitrogens is 1. The summed E-state index contributed by atoms with van der Waals surface area (Å²) >= 11 is 0. The van der Waals surface area contributed by atoms with Gasteiger partial charge in [-0.15, -0.1) is 0 Å². The number of benzene rings is 1. The number of esters is 1. The molecule has 26 heavy (non-hydrogen) atoms. The third-order valence-corrected chi connectivity index (χ3v) is 4.08. The molecule has 1 aromatic carbocycles. The lowest BCUT2D eigenvalue weighted by Gasteiger charge is -2.12. The Morgan fingerprint density at radius 1 is 1.19 bits per heavy atom. The van der Waals surface area contributed by atoms with Crippen molar-refractivity contribution >= 4 is 17.5 Å². The van der Waals surface area contributed by atoms with Crippen LogP contribution in [0.25, 0.3) is 0 Å². The van der Waals surface area contributed by atoms with Gasteiger partial charge in [-0.25, -0.2) is 9.18 Å². The van der Waals surface area contributed by atoms with Gasteiger partial charge in [0.05, 0.1) is 18.4 Å². The Kier molecular flexibility index (Phi) is 5.59. The van der Waals surface area contributed by atoms with Gasteiger partial charge in [-0.05, 0) is 51.5 Å². The van der Waals surface area contributed by atoms with Crippen LogP contribution in [0, 0.1) is 19.7 Å². The Morgan fingerprint density at radius 3 is 2.35 bits per heavy atom. The number of ether oxygens (including phenoxy) is 2. The highest BCUT2D eigenvalue weighted by Crippen LogP contribution is 2.22. The lowest BCUT2D eigenvalue weighted by atomic mass is 10.0. The molecule has 0 fully saturated rings. The smallest absolute Gasteiger partial charge is 0.338 e. The number of halogens is 1. The van der Waals surface area contributed by atoms with Crippen LogP contribution in [0.3, 0.4) is 0 Å². The van der Waals surface area contributed by atoms with E-state index in [1.807, 2.05) is 0 Å². The van der Waals surface area contributed by atoms with Gasteiger partial charge in [0.2, 0.25) is 5.78 Å². The van der Waals surface area contributed by atoms with Gasteiger partial charge in [0.1, 0.15) is 0 Å². The van der Waals surface area contributed by atoms with Gasteiger partial charge in [-0.2, -0.15) is 0 Å². The summed E-state index contributed by atoms with van der Waals surface area (Å²) in [4.78, 5) is 39.3. The number of carbonyl (C=O) groups is 3. The minimum Gasteiger partial charge on any atom is -0.494 e. The Balaban J connectivity index is 2.19. The molecule has 1 atom stereocenters. The quantitative estimate of drug-likeness (QED) is 0.629. The van der Waals surface area contributed by atoms with Crippen molar-refractivity contribution in [3.05, 3.63) is 52.1 Å². The summed E-state index contributed by atoms with van der Waals surface area (Å²) in [5, 5.41) is 0. The molecular formula is C19H20FNO5. The van der Waals surface area contributed by atoms with Crippen LogP contribution in [0.4, 0.5) is 4.39 Å². The molecule has 1 aromatic heterocycles. The van der Waals surface area contributed by atoms with Crippen molar-refractivity contribution in [2.45, 2.75) is 33.8 Å². The van der Waals surface area contributed by atoms with Crippen molar-refractivity contribution in [2.75, 3.05) is 7.11 Å². The van der Waals surface area contributed by atoms with Crippen molar-refractivity contribution < 1.29 is 28.2 Å². The number of Topliss-reactive ketones (excluding diaryl/α,β-unsaturated/α-hetero) is 2. The maximum Gasteiger partial charge on any atom is 0.338 e. The molecule has 6 nitrogen and oxygen atoms in total. The molecule has 7 heteroatoms. The minimum atomic E-state index is -1.11. The molecule has 0 aliphatic carbocycles. The lowest BCUT2D eigenvalue weighted by Crippen LogP contribution is -2.25. The molecule has 138 valence electrons. The first-order valence-electron chi connectivity index (χ1n) is 7.96. The Hall–Kier alpha value is -2.96. The maximum absolute atomic E-state index is 13.7. The molecule has 0 unspecified atom stereocenters. The second kappa shape index (κ2) is 7.51. The zero-order valence-corrected chi connectivity index (χ0v) is 15.2. The monoisotopic (exact) mass is 361 g/mol. The summed E-state index contributed by atoms with van der Waals surface area (Å²) in [7, 11) is 1.31. The van der Waals surface area contributed by atoms with E-state index in [0.29, 0.717) is 16.8 Å². The van der Waals surface area contributed by atoms with Crippen LogP contribution >= 0.6 is 0 Å². The van der Waals surface area contributed by atoms with E-state index in [-0.39, 0.29) is 22.8 Å². The zero-order chi connectivity index (χ0) is 19.6. The average molecular weight is 361 g/mol. The number of nitrogens with one attached hydrogen (secondary N) is 1. The van der Waals surface area contributed by atoms with E-state index in [9.17, 15) is 18.8 Å². The van der Waals surface area contributed by atoms with Crippen LogP contribution in [0.15, 0.2) is 18.2 Å².